The Morgan fingerprint density at radius 2 is 1.42 bits per heavy atom. The summed E-state index contributed by atoms with van der Waals surface area (Å²) in [6.07, 6.45) is 17.2. The van der Waals surface area contributed by atoms with Gasteiger partial charge in [-0.1, -0.05) is 90.0 Å². The van der Waals surface area contributed by atoms with Crippen LogP contribution in [0.15, 0.2) is 112 Å². The largest absolute Gasteiger partial charge is 0.0804 e. The summed E-state index contributed by atoms with van der Waals surface area (Å²) in [5, 5.41) is 0. The van der Waals surface area contributed by atoms with Crippen LogP contribution in [-0.2, 0) is 0 Å². The van der Waals surface area contributed by atoms with E-state index < -0.39 is 0 Å². The van der Waals surface area contributed by atoms with Crippen LogP contribution in [0.4, 0.5) is 0 Å². The van der Waals surface area contributed by atoms with Gasteiger partial charge in [0.1, 0.15) is 0 Å². The molecule has 0 saturated carbocycles. The lowest BCUT2D eigenvalue weighted by molar-refractivity contribution is 0.607. The fourth-order valence-corrected chi connectivity index (χ4v) is 6.34. The van der Waals surface area contributed by atoms with Crippen molar-refractivity contribution >= 4 is 5.57 Å². The van der Waals surface area contributed by atoms with Gasteiger partial charge in [-0.3, -0.25) is 0 Å². The van der Waals surface area contributed by atoms with Crippen molar-refractivity contribution in [1.29, 1.82) is 0 Å². The molecule has 0 nitrogen and oxygen atoms in total. The molecular weight excluding hydrogens is 372 g/mol. The highest BCUT2D eigenvalue weighted by Crippen LogP contribution is 2.54. The zero-order valence-corrected chi connectivity index (χ0v) is 18.2. The first-order valence-electron chi connectivity index (χ1n) is 12.0. The standard InChI is InChI=1S/C31H30/c1-3-13-23(14-4-1)30(24-15-5-2-6-16-24)31-27(22-11-7-8-12-22)19-20-28-26-18-10-9-17-25(26)21-29(28)31/h1-8,11,13-16,27H,9-10,12,17-21H2. The minimum Gasteiger partial charge on any atom is -0.0804 e. The predicted octanol–water partition coefficient (Wildman–Crippen LogP) is 8.36. The van der Waals surface area contributed by atoms with E-state index in [4.69, 9.17) is 0 Å². The Hall–Kier alpha value is -2.86. The molecule has 0 heteroatoms. The monoisotopic (exact) mass is 402 g/mol. The van der Waals surface area contributed by atoms with Crippen LogP contribution in [0, 0.1) is 5.92 Å². The summed E-state index contributed by atoms with van der Waals surface area (Å²) < 4.78 is 0. The summed E-state index contributed by atoms with van der Waals surface area (Å²) in [6.45, 7) is 0. The van der Waals surface area contributed by atoms with Crippen molar-refractivity contribution in [2.45, 2.75) is 51.4 Å². The zero-order valence-electron chi connectivity index (χ0n) is 18.2. The Balaban J connectivity index is 1.61. The lowest BCUT2D eigenvalue weighted by Gasteiger charge is -2.33. The molecule has 0 heterocycles. The van der Waals surface area contributed by atoms with Crippen LogP contribution in [0.25, 0.3) is 5.57 Å². The van der Waals surface area contributed by atoms with Gasteiger partial charge in [0.05, 0.1) is 0 Å². The van der Waals surface area contributed by atoms with Gasteiger partial charge in [-0.2, -0.15) is 0 Å². The van der Waals surface area contributed by atoms with Crippen molar-refractivity contribution in [3.8, 4) is 0 Å². The van der Waals surface area contributed by atoms with Crippen LogP contribution in [0.3, 0.4) is 0 Å². The molecule has 2 aromatic rings. The molecule has 31 heavy (non-hydrogen) atoms. The van der Waals surface area contributed by atoms with Crippen molar-refractivity contribution in [3.05, 3.63) is 123 Å². The fourth-order valence-electron chi connectivity index (χ4n) is 6.34. The molecule has 0 saturated heterocycles. The molecule has 6 rings (SSSR count). The van der Waals surface area contributed by atoms with Gasteiger partial charge in [-0.05, 0) is 90.4 Å². The zero-order chi connectivity index (χ0) is 20.6. The highest BCUT2D eigenvalue weighted by molar-refractivity contribution is 5.87. The summed E-state index contributed by atoms with van der Waals surface area (Å²) in [5.74, 6) is 0.533. The maximum atomic E-state index is 2.39. The molecule has 0 radical (unpaired) electrons. The molecule has 0 N–H and O–H groups in total. The molecule has 154 valence electrons. The molecular formula is C31H30. The van der Waals surface area contributed by atoms with Crippen molar-refractivity contribution in [2.75, 3.05) is 0 Å². The maximum absolute atomic E-state index is 2.39. The van der Waals surface area contributed by atoms with Gasteiger partial charge in [0.15, 0.2) is 0 Å². The minimum atomic E-state index is 0.533. The third-order valence-electron chi connectivity index (χ3n) is 7.70. The summed E-state index contributed by atoms with van der Waals surface area (Å²) in [4.78, 5) is 0. The molecule has 1 atom stereocenters. The molecule has 0 spiro atoms. The number of benzene rings is 2. The van der Waals surface area contributed by atoms with Gasteiger partial charge < -0.3 is 0 Å². The lowest BCUT2D eigenvalue weighted by atomic mass is 9.71. The van der Waals surface area contributed by atoms with E-state index in [0.717, 1.165) is 6.42 Å². The number of hydrogen-bond acceptors (Lipinski definition) is 0. The Bertz CT molecular complexity index is 1110. The molecule has 1 unspecified atom stereocenters. The average molecular weight is 403 g/mol. The number of hydrogen-bond donors (Lipinski definition) is 0. The van der Waals surface area contributed by atoms with E-state index in [9.17, 15) is 0 Å². The van der Waals surface area contributed by atoms with Crippen LogP contribution in [0.2, 0.25) is 0 Å². The summed E-state index contributed by atoms with van der Waals surface area (Å²) in [5.41, 5.74) is 14.3. The summed E-state index contributed by atoms with van der Waals surface area (Å²) >= 11 is 0. The quantitative estimate of drug-likeness (QED) is 0.484. The second kappa shape index (κ2) is 8.00. The fraction of sp³-hybridized carbons (Fsp3) is 0.290. The van der Waals surface area contributed by atoms with Gasteiger partial charge in [0.25, 0.3) is 0 Å². The second-order valence-electron chi connectivity index (χ2n) is 9.41. The first kappa shape index (κ1) is 18.9. The first-order valence-corrected chi connectivity index (χ1v) is 12.0. The van der Waals surface area contributed by atoms with Gasteiger partial charge >= 0.3 is 0 Å². The van der Waals surface area contributed by atoms with E-state index >= 15 is 0 Å². The van der Waals surface area contributed by atoms with E-state index in [0.29, 0.717) is 5.92 Å². The SMILES string of the molecule is C1=CCC(C2CCC3=C(CC4=C3CCCC4)C2=C(c2ccccc2)c2ccccc2)=C1. The number of fused-ring (bicyclic) bond motifs is 1. The Morgan fingerprint density at radius 3 is 2.10 bits per heavy atom. The normalized spacial score (nSPS) is 22.5. The van der Waals surface area contributed by atoms with Gasteiger partial charge in [0.2, 0.25) is 0 Å². The first-order chi connectivity index (χ1) is 15.4. The predicted molar refractivity (Wildman–Crippen MR) is 131 cm³/mol. The third-order valence-corrected chi connectivity index (χ3v) is 7.70. The molecule has 2 aromatic carbocycles. The second-order valence-corrected chi connectivity index (χ2v) is 9.41. The average Bonchev–Trinajstić information content (AvgIpc) is 3.49. The third kappa shape index (κ3) is 3.30. The van der Waals surface area contributed by atoms with Crippen molar-refractivity contribution in [2.24, 2.45) is 5.92 Å². The van der Waals surface area contributed by atoms with Crippen molar-refractivity contribution in [1.82, 2.24) is 0 Å². The van der Waals surface area contributed by atoms with Crippen molar-refractivity contribution < 1.29 is 0 Å². The smallest absolute Gasteiger partial charge is 0.00668 e. The van der Waals surface area contributed by atoms with Crippen LogP contribution in [0.1, 0.15) is 62.5 Å². The van der Waals surface area contributed by atoms with Crippen LogP contribution >= 0.6 is 0 Å². The lowest BCUT2D eigenvalue weighted by Crippen LogP contribution is -2.17. The van der Waals surface area contributed by atoms with Gasteiger partial charge in [0, 0.05) is 5.92 Å². The Morgan fingerprint density at radius 1 is 0.710 bits per heavy atom. The van der Waals surface area contributed by atoms with E-state index in [1.54, 1.807) is 33.4 Å². The summed E-state index contributed by atoms with van der Waals surface area (Å²) in [7, 11) is 0. The molecule has 4 aliphatic rings. The van der Waals surface area contributed by atoms with Crippen LogP contribution in [-0.4, -0.2) is 0 Å². The van der Waals surface area contributed by atoms with Crippen LogP contribution < -0.4 is 0 Å². The van der Waals surface area contributed by atoms with E-state index in [2.05, 4.69) is 78.9 Å². The molecule has 0 aliphatic heterocycles. The van der Waals surface area contributed by atoms with E-state index in [1.807, 2.05) is 0 Å². The molecule has 0 fully saturated rings. The topological polar surface area (TPSA) is 0 Å². The maximum Gasteiger partial charge on any atom is 0.00668 e. The Kier molecular flexibility index (Phi) is 4.87. The van der Waals surface area contributed by atoms with E-state index in [-0.39, 0.29) is 0 Å². The number of allylic oxidation sites excluding steroid dienone is 9. The Labute approximate surface area is 186 Å². The summed E-state index contributed by atoms with van der Waals surface area (Å²) in [6, 6.07) is 22.3. The minimum absolute atomic E-state index is 0.533. The molecule has 0 aromatic heterocycles. The molecule has 0 amide bonds. The van der Waals surface area contributed by atoms with Gasteiger partial charge in [-0.15, -0.1) is 0 Å². The molecule has 4 aliphatic carbocycles. The highest BCUT2D eigenvalue weighted by atomic mass is 14.4. The van der Waals surface area contributed by atoms with Gasteiger partial charge in [-0.25, -0.2) is 0 Å². The van der Waals surface area contributed by atoms with E-state index in [1.165, 1.54) is 61.6 Å². The molecule has 0 bridgehead atoms. The van der Waals surface area contributed by atoms with Crippen molar-refractivity contribution in [3.63, 3.8) is 0 Å². The highest BCUT2D eigenvalue weighted by Gasteiger charge is 2.37. The van der Waals surface area contributed by atoms with Crippen LogP contribution in [0.5, 0.6) is 0 Å². The number of rotatable bonds is 3.